The van der Waals surface area contributed by atoms with Crippen molar-refractivity contribution in [2.75, 3.05) is 0 Å². The van der Waals surface area contributed by atoms with Crippen LogP contribution in [0, 0.1) is 0 Å². The van der Waals surface area contributed by atoms with E-state index < -0.39 is 0 Å². The molecule has 0 saturated carbocycles. The van der Waals surface area contributed by atoms with Gasteiger partial charge in [0.2, 0.25) is 0 Å². The van der Waals surface area contributed by atoms with Gasteiger partial charge in [-0.3, -0.25) is 0 Å². The molecule has 0 unspecified atom stereocenters. The zero-order chi connectivity index (χ0) is 19.3. The van der Waals surface area contributed by atoms with Gasteiger partial charge in [-0.05, 0) is 91.7 Å². The highest BCUT2D eigenvalue weighted by molar-refractivity contribution is 8.77. The second-order valence-corrected chi connectivity index (χ2v) is 9.35. The summed E-state index contributed by atoms with van der Waals surface area (Å²) in [5.74, 6) is 0. The first-order chi connectivity index (χ1) is 13.9. The molecule has 0 bridgehead atoms. The summed E-state index contributed by atoms with van der Waals surface area (Å²) in [4.78, 5) is 16.8. The van der Waals surface area contributed by atoms with Gasteiger partial charge in [0.15, 0.2) is 0 Å². The van der Waals surface area contributed by atoms with E-state index >= 15 is 0 Å². The number of nitrogens with zero attached hydrogens (tertiary/aromatic N) is 4. The Morgan fingerprint density at radius 1 is 0.357 bits per heavy atom. The Kier molecular flexibility index (Phi) is 9.22. The van der Waals surface area contributed by atoms with Crippen LogP contribution >= 0.6 is 43.2 Å². The highest BCUT2D eigenvalue weighted by Gasteiger charge is 1.98. The zero-order valence-electron chi connectivity index (χ0n) is 14.7. The van der Waals surface area contributed by atoms with E-state index in [1.165, 1.54) is 0 Å². The molecule has 140 valence electrons. The second-order valence-electron chi connectivity index (χ2n) is 5.01. The Balaban J connectivity index is 0.000000161. The maximum absolute atomic E-state index is 4.21. The maximum atomic E-state index is 4.21. The Morgan fingerprint density at radius 3 is 0.786 bits per heavy atom. The van der Waals surface area contributed by atoms with E-state index in [4.69, 9.17) is 0 Å². The van der Waals surface area contributed by atoms with Crippen LogP contribution in [0.1, 0.15) is 0 Å². The van der Waals surface area contributed by atoms with E-state index in [-0.39, 0.29) is 0 Å². The molecule has 0 amide bonds. The second kappa shape index (κ2) is 12.5. The van der Waals surface area contributed by atoms with Gasteiger partial charge in [-0.2, -0.15) is 0 Å². The van der Waals surface area contributed by atoms with Crippen molar-refractivity contribution in [3.8, 4) is 0 Å². The molecule has 0 aliphatic rings. The van der Waals surface area contributed by atoms with Crippen molar-refractivity contribution >= 4 is 43.2 Å². The Bertz CT molecular complexity index is 756. The fourth-order valence-corrected chi connectivity index (χ4v) is 5.26. The summed E-state index contributed by atoms with van der Waals surface area (Å²) in [5.41, 5.74) is 0. The highest BCUT2D eigenvalue weighted by Crippen LogP contribution is 2.35. The molecule has 0 fully saturated rings. The number of rotatable bonds is 6. The van der Waals surface area contributed by atoms with Crippen molar-refractivity contribution in [1.29, 1.82) is 0 Å². The van der Waals surface area contributed by atoms with Crippen LogP contribution in [0.2, 0.25) is 0 Å². The van der Waals surface area contributed by atoms with Crippen molar-refractivity contribution in [2.45, 2.75) is 20.1 Å². The van der Waals surface area contributed by atoms with Gasteiger partial charge in [-0.1, -0.05) is 24.3 Å². The molecule has 4 aromatic rings. The molecule has 4 heterocycles. The average Bonchev–Trinajstić information content (AvgIpc) is 2.80. The number of aromatic nitrogens is 4. The lowest BCUT2D eigenvalue weighted by molar-refractivity contribution is 1.13. The van der Waals surface area contributed by atoms with Gasteiger partial charge >= 0.3 is 0 Å². The summed E-state index contributed by atoms with van der Waals surface area (Å²) in [6, 6.07) is 23.5. The average molecular weight is 441 g/mol. The summed E-state index contributed by atoms with van der Waals surface area (Å²) >= 11 is 0. The molecule has 0 N–H and O–H groups in total. The standard InChI is InChI=1S/2C10H8N2S2/c2*1-3-7-11-9(5-1)13-14-10-6-2-4-8-12-10/h2*1-8H. The van der Waals surface area contributed by atoms with E-state index in [0.29, 0.717) is 0 Å². The predicted molar refractivity (Wildman–Crippen MR) is 120 cm³/mol. The van der Waals surface area contributed by atoms with Crippen molar-refractivity contribution in [3.63, 3.8) is 0 Å². The fourth-order valence-electron chi connectivity index (χ4n) is 1.76. The third-order valence-electron chi connectivity index (χ3n) is 2.98. The van der Waals surface area contributed by atoms with Crippen LogP contribution in [0.5, 0.6) is 0 Å². The van der Waals surface area contributed by atoms with Gasteiger partial charge in [0.25, 0.3) is 0 Å². The van der Waals surface area contributed by atoms with Crippen molar-refractivity contribution < 1.29 is 0 Å². The topological polar surface area (TPSA) is 51.6 Å². The number of hydrogen-bond acceptors (Lipinski definition) is 8. The third kappa shape index (κ3) is 7.93. The summed E-state index contributed by atoms with van der Waals surface area (Å²) in [7, 11) is 6.47. The van der Waals surface area contributed by atoms with Crippen molar-refractivity contribution in [2.24, 2.45) is 0 Å². The summed E-state index contributed by atoms with van der Waals surface area (Å²) < 4.78 is 0. The summed E-state index contributed by atoms with van der Waals surface area (Å²) in [5, 5.41) is 4.01. The summed E-state index contributed by atoms with van der Waals surface area (Å²) in [6.07, 6.45) is 7.17. The highest BCUT2D eigenvalue weighted by atomic mass is 33.1. The molecular weight excluding hydrogens is 425 g/mol. The lowest BCUT2D eigenvalue weighted by Crippen LogP contribution is -1.75. The largest absolute Gasteiger partial charge is 0.249 e. The van der Waals surface area contributed by atoms with E-state index in [0.717, 1.165) is 20.1 Å². The van der Waals surface area contributed by atoms with Crippen LogP contribution < -0.4 is 0 Å². The van der Waals surface area contributed by atoms with E-state index in [9.17, 15) is 0 Å². The first-order valence-corrected chi connectivity index (χ1v) is 12.5. The SMILES string of the molecule is c1ccc(SSc2ccccn2)nc1.c1ccc(SSc2ccccn2)nc1. The molecule has 0 saturated heterocycles. The molecule has 4 rings (SSSR count). The molecule has 28 heavy (non-hydrogen) atoms. The Morgan fingerprint density at radius 2 is 0.607 bits per heavy atom. The minimum atomic E-state index is 1.00. The monoisotopic (exact) mass is 440 g/mol. The molecule has 0 aliphatic heterocycles. The lowest BCUT2D eigenvalue weighted by Gasteiger charge is -1.97. The smallest absolute Gasteiger partial charge is 0.107 e. The Labute approximate surface area is 180 Å². The van der Waals surface area contributed by atoms with Crippen LogP contribution in [-0.2, 0) is 0 Å². The molecule has 8 heteroatoms. The van der Waals surface area contributed by atoms with Crippen LogP contribution in [0.3, 0.4) is 0 Å². The Hall–Kier alpha value is -2.00. The minimum Gasteiger partial charge on any atom is -0.249 e. The van der Waals surface area contributed by atoms with Crippen molar-refractivity contribution in [1.82, 2.24) is 19.9 Å². The predicted octanol–water partition coefficient (Wildman–Crippen LogP) is 6.55. The van der Waals surface area contributed by atoms with Crippen LogP contribution in [0.4, 0.5) is 0 Å². The maximum Gasteiger partial charge on any atom is 0.107 e. The van der Waals surface area contributed by atoms with E-state index in [2.05, 4.69) is 19.9 Å². The molecule has 0 radical (unpaired) electrons. The van der Waals surface area contributed by atoms with Gasteiger partial charge in [0.05, 0.1) is 0 Å². The molecule has 0 spiro atoms. The van der Waals surface area contributed by atoms with Gasteiger partial charge in [0.1, 0.15) is 20.1 Å². The van der Waals surface area contributed by atoms with E-state index in [1.54, 1.807) is 68.0 Å². The third-order valence-corrected chi connectivity index (χ3v) is 7.34. The van der Waals surface area contributed by atoms with Gasteiger partial charge in [-0.15, -0.1) is 0 Å². The van der Waals surface area contributed by atoms with Crippen molar-refractivity contribution in [3.05, 3.63) is 97.6 Å². The molecule has 0 atom stereocenters. The number of hydrogen-bond donors (Lipinski definition) is 0. The molecule has 4 nitrogen and oxygen atoms in total. The van der Waals surface area contributed by atoms with Gasteiger partial charge in [0, 0.05) is 24.8 Å². The minimum absolute atomic E-state index is 1.00. The van der Waals surface area contributed by atoms with Crippen LogP contribution in [-0.4, -0.2) is 19.9 Å². The molecule has 4 aromatic heterocycles. The quantitative estimate of drug-likeness (QED) is 0.313. The van der Waals surface area contributed by atoms with Crippen LogP contribution in [0.25, 0.3) is 0 Å². The number of pyridine rings is 4. The normalized spacial score (nSPS) is 10.0. The van der Waals surface area contributed by atoms with Gasteiger partial charge in [-0.25, -0.2) is 19.9 Å². The fraction of sp³-hybridized carbons (Fsp3) is 0. The van der Waals surface area contributed by atoms with E-state index in [1.807, 2.05) is 72.8 Å². The molecule has 0 aromatic carbocycles. The van der Waals surface area contributed by atoms with Crippen LogP contribution in [0.15, 0.2) is 118 Å². The molecule has 0 aliphatic carbocycles. The first kappa shape index (κ1) is 20.7. The summed E-state index contributed by atoms with van der Waals surface area (Å²) in [6.45, 7) is 0. The zero-order valence-corrected chi connectivity index (χ0v) is 17.9. The first-order valence-electron chi connectivity index (χ1n) is 8.23. The lowest BCUT2D eigenvalue weighted by atomic mass is 10.5. The molecular formula is C20H16N4S4. The van der Waals surface area contributed by atoms with Gasteiger partial charge < -0.3 is 0 Å².